The minimum atomic E-state index is 0.533. The van der Waals surface area contributed by atoms with E-state index < -0.39 is 0 Å². The van der Waals surface area contributed by atoms with Crippen molar-refractivity contribution in [3.05, 3.63) is 40.8 Å². The second kappa shape index (κ2) is 6.99. The number of pyridine rings is 1. The monoisotopic (exact) mass is 392 g/mol. The lowest BCUT2D eigenvalue weighted by molar-refractivity contribution is 0.322. The molecule has 0 amide bonds. The van der Waals surface area contributed by atoms with Crippen molar-refractivity contribution < 1.29 is 0 Å². The first-order chi connectivity index (χ1) is 13.7. The van der Waals surface area contributed by atoms with Crippen molar-refractivity contribution in [2.45, 2.75) is 33.2 Å². The van der Waals surface area contributed by atoms with E-state index in [1.54, 1.807) is 23.7 Å². The summed E-state index contributed by atoms with van der Waals surface area (Å²) in [5, 5.41) is 14.1. The molecule has 0 unspecified atom stereocenters. The predicted octanol–water partition coefficient (Wildman–Crippen LogP) is 2.94. The van der Waals surface area contributed by atoms with Gasteiger partial charge in [-0.15, -0.1) is 26.3 Å². The molecule has 0 radical (unpaired) electrons. The van der Waals surface area contributed by atoms with Crippen LogP contribution in [0.5, 0.6) is 0 Å². The van der Waals surface area contributed by atoms with Crippen molar-refractivity contribution in [2.75, 3.05) is 13.1 Å². The molecule has 0 aliphatic carbocycles. The van der Waals surface area contributed by atoms with E-state index in [0.29, 0.717) is 11.6 Å². The standard InChI is InChI=1S/C19H20N8S/c1-12-13(2)28-19-16(12)18(21-15(22-19)11-26-8-3-4-9-26)27-24-17(23-25-27)14-6-5-7-20-10-14/h5-7,10H,3-4,8-9,11H2,1-2H3. The highest BCUT2D eigenvalue weighted by atomic mass is 32.1. The molecule has 0 atom stereocenters. The van der Waals surface area contributed by atoms with Gasteiger partial charge in [0.2, 0.25) is 5.82 Å². The van der Waals surface area contributed by atoms with Crippen LogP contribution in [0.2, 0.25) is 0 Å². The van der Waals surface area contributed by atoms with E-state index in [9.17, 15) is 0 Å². The molecule has 0 saturated carbocycles. The molecule has 142 valence electrons. The van der Waals surface area contributed by atoms with Crippen molar-refractivity contribution in [2.24, 2.45) is 0 Å². The number of nitrogens with zero attached hydrogens (tertiary/aromatic N) is 8. The van der Waals surface area contributed by atoms with Crippen molar-refractivity contribution in [1.29, 1.82) is 0 Å². The second-order valence-corrected chi connectivity index (χ2v) is 8.26. The summed E-state index contributed by atoms with van der Waals surface area (Å²) in [4.78, 5) is 20.0. The number of thiophene rings is 1. The summed E-state index contributed by atoms with van der Waals surface area (Å²) < 4.78 is 0. The van der Waals surface area contributed by atoms with Crippen LogP contribution >= 0.6 is 11.3 Å². The Balaban J connectivity index is 1.61. The molecule has 5 heterocycles. The summed E-state index contributed by atoms with van der Waals surface area (Å²) in [6.45, 7) is 7.17. The fourth-order valence-corrected chi connectivity index (χ4v) is 4.58. The van der Waals surface area contributed by atoms with E-state index in [1.807, 2.05) is 12.1 Å². The molecule has 28 heavy (non-hydrogen) atoms. The van der Waals surface area contributed by atoms with Gasteiger partial charge in [-0.05, 0) is 62.7 Å². The van der Waals surface area contributed by atoms with E-state index in [2.05, 4.69) is 39.1 Å². The Morgan fingerprint density at radius 2 is 2.00 bits per heavy atom. The van der Waals surface area contributed by atoms with Gasteiger partial charge in [0.25, 0.3) is 0 Å². The Morgan fingerprint density at radius 3 is 2.79 bits per heavy atom. The fourth-order valence-electron chi connectivity index (χ4n) is 3.54. The molecule has 4 aromatic heterocycles. The molecule has 0 bridgehead atoms. The van der Waals surface area contributed by atoms with Crippen LogP contribution in [0.4, 0.5) is 0 Å². The van der Waals surface area contributed by atoms with Crippen LogP contribution in [0.25, 0.3) is 27.4 Å². The van der Waals surface area contributed by atoms with Crippen LogP contribution in [-0.2, 0) is 6.54 Å². The third kappa shape index (κ3) is 3.06. The Hall–Kier alpha value is -2.78. The van der Waals surface area contributed by atoms with Crippen LogP contribution in [0, 0.1) is 13.8 Å². The Morgan fingerprint density at radius 1 is 1.14 bits per heavy atom. The first-order valence-corrected chi connectivity index (χ1v) is 10.2. The third-order valence-electron chi connectivity index (χ3n) is 5.14. The van der Waals surface area contributed by atoms with Gasteiger partial charge in [-0.2, -0.15) is 0 Å². The Labute approximate surface area is 166 Å². The summed E-state index contributed by atoms with van der Waals surface area (Å²) in [6.07, 6.45) is 5.94. The van der Waals surface area contributed by atoms with E-state index in [1.165, 1.54) is 28.1 Å². The number of aromatic nitrogens is 7. The van der Waals surface area contributed by atoms with Crippen molar-refractivity contribution in [1.82, 2.24) is 40.1 Å². The zero-order valence-corrected chi connectivity index (χ0v) is 16.6. The van der Waals surface area contributed by atoms with E-state index >= 15 is 0 Å². The molecule has 1 saturated heterocycles. The Kier molecular flexibility index (Phi) is 4.33. The number of tetrazole rings is 1. The van der Waals surface area contributed by atoms with Crippen molar-refractivity contribution >= 4 is 21.6 Å². The number of fused-ring (bicyclic) bond motifs is 1. The van der Waals surface area contributed by atoms with Gasteiger partial charge < -0.3 is 0 Å². The van der Waals surface area contributed by atoms with E-state index in [-0.39, 0.29) is 0 Å². The molecule has 1 fully saturated rings. The smallest absolute Gasteiger partial charge is 0.206 e. The topological polar surface area (TPSA) is 85.5 Å². The maximum Gasteiger partial charge on any atom is 0.206 e. The lowest BCUT2D eigenvalue weighted by Gasteiger charge is -2.13. The lowest BCUT2D eigenvalue weighted by Crippen LogP contribution is -2.20. The van der Waals surface area contributed by atoms with E-state index in [4.69, 9.17) is 9.97 Å². The fraction of sp³-hybridized carbons (Fsp3) is 0.368. The molecule has 4 aromatic rings. The Bertz CT molecular complexity index is 1130. The lowest BCUT2D eigenvalue weighted by atomic mass is 10.2. The summed E-state index contributed by atoms with van der Waals surface area (Å²) >= 11 is 1.69. The minimum absolute atomic E-state index is 0.533. The highest BCUT2D eigenvalue weighted by Gasteiger charge is 2.20. The van der Waals surface area contributed by atoms with Gasteiger partial charge in [0.05, 0.1) is 11.9 Å². The van der Waals surface area contributed by atoms with Crippen LogP contribution in [0.3, 0.4) is 0 Å². The molecule has 1 aliphatic heterocycles. The summed E-state index contributed by atoms with van der Waals surface area (Å²) in [6, 6.07) is 3.78. The van der Waals surface area contributed by atoms with Gasteiger partial charge in [-0.25, -0.2) is 9.97 Å². The van der Waals surface area contributed by atoms with Crippen LogP contribution in [-0.4, -0.2) is 53.1 Å². The van der Waals surface area contributed by atoms with Crippen molar-refractivity contribution in [3.63, 3.8) is 0 Å². The highest BCUT2D eigenvalue weighted by molar-refractivity contribution is 7.18. The number of aryl methyl sites for hydroxylation is 2. The van der Waals surface area contributed by atoms with Crippen LogP contribution in [0.1, 0.15) is 29.1 Å². The average Bonchev–Trinajstić information content (AvgIpc) is 3.44. The SMILES string of the molecule is Cc1sc2nc(CN3CCCC3)nc(-n3nnc(-c4cccnc4)n3)c2c1C. The molecule has 8 nitrogen and oxygen atoms in total. The molecule has 5 rings (SSSR count). The van der Waals surface area contributed by atoms with E-state index in [0.717, 1.165) is 41.2 Å². The summed E-state index contributed by atoms with van der Waals surface area (Å²) in [5.41, 5.74) is 2.00. The van der Waals surface area contributed by atoms with Crippen LogP contribution in [0.15, 0.2) is 24.5 Å². The average molecular weight is 392 g/mol. The third-order valence-corrected chi connectivity index (χ3v) is 6.24. The number of hydrogen-bond acceptors (Lipinski definition) is 8. The molecular weight excluding hydrogens is 372 g/mol. The maximum atomic E-state index is 4.85. The second-order valence-electron chi connectivity index (χ2n) is 7.05. The van der Waals surface area contributed by atoms with Crippen molar-refractivity contribution in [3.8, 4) is 17.2 Å². The molecular formula is C19H20N8S. The first kappa shape index (κ1) is 17.3. The zero-order valence-electron chi connectivity index (χ0n) is 15.8. The van der Waals surface area contributed by atoms with Gasteiger partial charge in [0, 0.05) is 22.8 Å². The normalized spacial score (nSPS) is 14.9. The quantitative estimate of drug-likeness (QED) is 0.528. The number of hydrogen-bond donors (Lipinski definition) is 0. The molecule has 0 spiro atoms. The zero-order chi connectivity index (χ0) is 19.1. The molecule has 0 N–H and O–H groups in total. The van der Waals surface area contributed by atoms with Gasteiger partial charge in [-0.1, -0.05) is 0 Å². The van der Waals surface area contributed by atoms with Crippen LogP contribution < -0.4 is 0 Å². The minimum Gasteiger partial charge on any atom is -0.296 e. The number of rotatable bonds is 4. The highest BCUT2D eigenvalue weighted by Crippen LogP contribution is 2.32. The van der Waals surface area contributed by atoms with Gasteiger partial charge in [0.15, 0.2) is 5.82 Å². The molecule has 0 aromatic carbocycles. The summed E-state index contributed by atoms with van der Waals surface area (Å²) in [7, 11) is 0. The summed E-state index contributed by atoms with van der Waals surface area (Å²) in [5.74, 6) is 2.04. The van der Waals surface area contributed by atoms with Gasteiger partial charge in [-0.3, -0.25) is 9.88 Å². The van der Waals surface area contributed by atoms with Gasteiger partial charge >= 0.3 is 0 Å². The van der Waals surface area contributed by atoms with Gasteiger partial charge in [0.1, 0.15) is 10.7 Å². The molecule has 1 aliphatic rings. The largest absolute Gasteiger partial charge is 0.296 e. The predicted molar refractivity (Wildman–Crippen MR) is 107 cm³/mol. The molecule has 9 heteroatoms. The first-order valence-electron chi connectivity index (χ1n) is 9.39. The maximum absolute atomic E-state index is 4.85. The number of likely N-dealkylation sites (tertiary alicyclic amines) is 1.